The highest BCUT2D eigenvalue weighted by Crippen LogP contribution is 2.46. The second kappa shape index (κ2) is 8.08. The molecule has 1 atom stereocenters. The molecular formula is C25H28N2O3S. The predicted molar refractivity (Wildman–Crippen MR) is 128 cm³/mol. The van der Waals surface area contributed by atoms with E-state index in [1.165, 1.54) is 16.2 Å². The van der Waals surface area contributed by atoms with Gasteiger partial charge >= 0.3 is 0 Å². The molecular weight excluding hydrogens is 408 g/mol. The van der Waals surface area contributed by atoms with Crippen molar-refractivity contribution >= 4 is 40.4 Å². The lowest BCUT2D eigenvalue weighted by atomic mass is 9.79. The zero-order valence-corrected chi connectivity index (χ0v) is 19.5. The Morgan fingerprint density at radius 1 is 1.19 bits per heavy atom. The maximum Gasteiger partial charge on any atom is 0.298 e. The number of amides is 2. The zero-order valence-electron chi connectivity index (χ0n) is 18.6. The Labute approximate surface area is 188 Å². The number of carbonyl (C=O) groups excluding carboxylic acids is 2. The number of imide groups is 1. The average molecular weight is 437 g/mol. The number of nitrogens with zero attached hydrogens (tertiary/aromatic N) is 2. The first kappa shape index (κ1) is 21.5. The van der Waals surface area contributed by atoms with Gasteiger partial charge in [0.2, 0.25) is 0 Å². The van der Waals surface area contributed by atoms with Crippen LogP contribution in [0.4, 0.5) is 16.2 Å². The quantitative estimate of drug-likeness (QED) is 0.546. The van der Waals surface area contributed by atoms with E-state index in [-0.39, 0.29) is 16.7 Å². The standard InChI is InChI=1S/C25H28N2O3S/c1-6-26-20-14-21(30-5)17(12-19(20)16(2)15-25(26,3)4)13-22-23(28)27(24(29)31-22)18-10-8-7-9-11-18/h7-14,16H,6,15H2,1-5H3/b22-13+. The summed E-state index contributed by atoms with van der Waals surface area (Å²) in [5, 5.41) is -0.286. The van der Waals surface area contributed by atoms with Crippen molar-refractivity contribution in [1.29, 1.82) is 0 Å². The molecule has 1 unspecified atom stereocenters. The van der Waals surface area contributed by atoms with Gasteiger partial charge in [0.25, 0.3) is 11.1 Å². The predicted octanol–water partition coefficient (Wildman–Crippen LogP) is 6.05. The van der Waals surface area contributed by atoms with E-state index in [2.05, 4.69) is 44.7 Å². The van der Waals surface area contributed by atoms with Crippen LogP contribution >= 0.6 is 11.8 Å². The van der Waals surface area contributed by atoms with Gasteiger partial charge in [-0.05, 0) is 74.7 Å². The SMILES string of the molecule is CCN1c2cc(OC)c(/C=C3/SC(=O)N(c4ccccc4)C3=O)cc2C(C)CC1(C)C. The van der Waals surface area contributed by atoms with Crippen LogP contribution in [0.15, 0.2) is 47.4 Å². The fourth-order valence-corrected chi connectivity index (χ4v) is 5.66. The van der Waals surface area contributed by atoms with Gasteiger partial charge < -0.3 is 9.64 Å². The lowest BCUT2D eigenvalue weighted by molar-refractivity contribution is -0.113. The van der Waals surface area contributed by atoms with E-state index >= 15 is 0 Å². The average Bonchev–Trinajstić information content (AvgIpc) is 3.01. The molecule has 0 aliphatic carbocycles. The topological polar surface area (TPSA) is 49.9 Å². The van der Waals surface area contributed by atoms with E-state index in [9.17, 15) is 9.59 Å². The van der Waals surface area contributed by atoms with Crippen LogP contribution < -0.4 is 14.5 Å². The van der Waals surface area contributed by atoms with Crippen molar-refractivity contribution in [3.63, 3.8) is 0 Å². The highest BCUT2D eigenvalue weighted by molar-refractivity contribution is 8.19. The van der Waals surface area contributed by atoms with E-state index in [0.717, 1.165) is 30.3 Å². The summed E-state index contributed by atoms with van der Waals surface area (Å²) in [4.78, 5) is 29.6. The molecule has 2 aromatic rings. The normalized spacial score (nSPS) is 21.6. The van der Waals surface area contributed by atoms with E-state index in [1.807, 2.05) is 18.2 Å². The Morgan fingerprint density at radius 2 is 1.90 bits per heavy atom. The van der Waals surface area contributed by atoms with Crippen LogP contribution in [-0.4, -0.2) is 30.3 Å². The number of anilines is 2. The van der Waals surface area contributed by atoms with Gasteiger partial charge in [0.05, 0.1) is 17.7 Å². The molecule has 1 saturated heterocycles. The molecule has 2 aliphatic heterocycles. The minimum absolute atomic E-state index is 0.0615. The number of hydrogen-bond acceptors (Lipinski definition) is 5. The fraction of sp³-hybridized carbons (Fsp3) is 0.360. The maximum atomic E-state index is 13.0. The number of ether oxygens (including phenoxy) is 1. The summed E-state index contributed by atoms with van der Waals surface area (Å²) in [6.45, 7) is 9.87. The third-order valence-corrected chi connectivity index (χ3v) is 7.02. The van der Waals surface area contributed by atoms with Gasteiger partial charge in [-0.15, -0.1) is 0 Å². The van der Waals surface area contributed by atoms with Gasteiger partial charge in [0, 0.05) is 29.4 Å². The number of carbonyl (C=O) groups is 2. The molecule has 0 aromatic heterocycles. The molecule has 0 spiro atoms. The van der Waals surface area contributed by atoms with Crippen LogP contribution in [-0.2, 0) is 4.79 Å². The Balaban J connectivity index is 1.76. The van der Waals surface area contributed by atoms with E-state index in [4.69, 9.17) is 4.74 Å². The number of para-hydroxylation sites is 1. The number of fused-ring (bicyclic) bond motifs is 1. The summed E-state index contributed by atoms with van der Waals surface area (Å²) >= 11 is 0.966. The first-order valence-electron chi connectivity index (χ1n) is 10.6. The van der Waals surface area contributed by atoms with Crippen molar-refractivity contribution < 1.29 is 14.3 Å². The van der Waals surface area contributed by atoms with E-state index < -0.39 is 0 Å². The summed E-state index contributed by atoms with van der Waals surface area (Å²) in [6.07, 6.45) is 2.83. The molecule has 1 fully saturated rings. The van der Waals surface area contributed by atoms with Gasteiger partial charge in [0.15, 0.2) is 0 Å². The highest BCUT2D eigenvalue weighted by Gasteiger charge is 2.38. The van der Waals surface area contributed by atoms with Crippen LogP contribution in [0.3, 0.4) is 0 Å². The molecule has 31 heavy (non-hydrogen) atoms. The molecule has 162 valence electrons. The third kappa shape index (κ3) is 3.74. The number of hydrogen-bond donors (Lipinski definition) is 0. The number of methoxy groups -OCH3 is 1. The van der Waals surface area contributed by atoms with Crippen LogP contribution in [0.25, 0.3) is 6.08 Å². The van der Waals surface area contributed by atoms with Crippen LogP contribution in [0.2, 0.25) is 0 Å². The van der Waals surface area contributed by atoms with Gasteiger partial charge in [-0.2, -0.15) is 0 Å². The molecule has 2 aromatic carbocycles. The summed E-state index contributed by atoms with van der Waals surface area (Å²) in [7, 11) is 1.64. The van der Waals surface area contributed by atoms with Crippen molar-refractivity contribution in [3.8, 4) is 5.75 Å². The van der Waals surface area contributed by atoms with Crippen LogP contribution in [0, 0.1) is 0 Å². The number of thioether (sulfide) groups is 1. The first-order chi connectivity index (χ1) is 14.8. The smallest absolute Gasteiger partial charge is 0.298 e. The molecule has 2 aliphatic rings. The molecule has 0 bridgehead atoms. The Bertz CT molecular complexity index is 1060. The Morgan fingerprint density at radius 3 is 2.55 bits per heavy atom. The maximum absolute atomic E-state index is 13.0. The van der Waals surface area contributed by atoms with Gasteiger partial charge in [0.1, 0.15) is 5.75 Å². The van der Waals surface area contributed by atoms with Gasteiger partial charge in [-0.1, -0.05) is 25.1 Å². The van der Waals surface area contributed by atoms with Gasteiger partial charge in [-0.25, -0.2) is 4.90 Å². The number of benzene rings is 2. The van der Waals surface area contributed by atoms with Crippen molar-refractivity contribution in [2.24, 2.45) is 0 Å². The summed E-state index contributed by atoms with van der Waals surface area (Å²) in [5.41, 5.74) is 3.89. The zero-order chi connectivity index (χ0) is 22.3. The summed E-state index contributed by atoms with van der Waals surface area (Å²) in [5.74, 6) is 0.782. The monoisotopic (exact) mass is 436 g/mol. The molecule has 5 nitrogen and oxygen atoms in total. The molecule has 0 radical (unpaired) electrons. The van der Waals surface area contributed by atoms with Crippen LogP contribution in [0.5, 0.6) is 5.75 Å². The number of rotatable bonds is 4. The minimum Gasteiger partial charge on any atom is -0.496 e. The molecule has 0 N–H and O–H groups in total. The van der Waals surface area contributed by atoms with Gasteiger partial charge in [-0.3, -0.25) is 9.59 Å². The van der Waals surface area contributed by atoms with E-state index in [1.54, 1.807) is 25.3 Å². The van der Waals surface area contributed by atoms with Crippen molar-refractivity contribution in [1.82, 2.24) is 0 Å². The lowest BCUT2D eigenvalue weighted by Gasteiger charge is -2.47. The Hall–Kier alpha value is -2.73. The largest absolute Gasteiger partial charge is 0.496 e. The van der Waals surface area contributed by atoms with E-state index in [0.29, 0.717) is 22.3 Å². The highest BCUT2D eigenvalue weighted by atomic mass is 32.2. The summed E-state index contributed by atoms with van der Waals surface area (Å²) < 4.78 is 5.70. The fourth-order valence-electron chi connectivity index (χ4n) is 4.82. The second-order valence-corrected chi connectivity index (χ2v) is 9.66. The second-order valence-electron chi connectivity index (χ2n) is 8.67. The molecule has 2 amide bonds. The minimum atomic E-state index is -0.301. The lowest BCUT2D eigenvalue weighted by Crippen LogP contribution is -2.48. The molecule has 0 saturated carbocycles. The first-order valence-corrected chi connectivity index (χ1v) is 11.4. The van der Waals surface area contributed by atoms with Crippen molar-refractivity contribution in [2.75, 3.05) is 23.5 Å². The molecule has 2 heterocycles. The Kier molecular flexibility index (Phi) is 5.60. The van der Waals surface area contributed by atoms with Crippen molar-refractivity contribution in [3.05, 3.63) is 58.5 Å². The van der Waals surface area contributed by atoms with Crippen molar-refractivity contribution in [2.45, 2.75) is 45.6 Å². The molecule has 6 heteroatoms. The van der Waals surface area contributed by atoms with Crippen LogP contribution in [0.1, 0.15) is 51.2 Å². The third-order valence-electron chi connectivity index (χ3n) is 6.15. The molecule has 4 rings (SSSR count). The summed E-state index contributed by atoms with van der Waals surface area (Å²) in [6, 6.07) is 13.2.